The molecule has 1 aromatic rings. The summed E-state index contributed by atoms with van der Waals surface area (Å²) in [5, 5.41) is 0. The van der Waals surface area contributed by atoms with Gasteiger partial charge in [-0.05, 0) is 34.1 Å². The zero-order valence-corrected chi connectivity index (χ0v) is 8.77. The summed E-state index contributed by atoms with van der Waals surface area (Å²) in [5.41, 5.74) is 5.54. The summed E-state index contributed by atoms with van der Waals surface area (Å²) in [4.78, 5) is 10.4. The highest BCUT2D eigenvalue weighted by Crippen LogP contribution is 2.15. The van der Waals surface area contributed by atoms with E-state index in [1.165, 1.54) is 12.1 Å². The van der Waals surface area contributed by atoms with Crippen molar-refractivity contribution >= 4 is 21.8 Å². The lowest BCUT2D eigenvalue weighted by atomic mass is 10.2. The van der Waals surface area contributed by atoms with Gasteiger partial charge in [0.1, 0.15) is 5.82 Å². The van der Waals surface area contributed by atoms with Crippen LogP contribution in [0, 0.1) is 17.7 Å². The lowest BCUT2D eigenvalue weighted by Crippen LogP contribution is -2.08. The maximum atomic E-state index is 12.8. The fraction of sp³-hybridized carbons (Fsp3) is 0.100. The molecule has 0 unspecified atom stereocenters. The Morgan fingerprint density at radius 2 is 2.29 bits per heavy atom. The van der Waals surface area contributed by atoms with Crippen LogP contribution in [0.3, 0.4) is 0 Å². The molecule has 4 heteroatoms. The largest absolute Gasteiger partial charge is 0.369 e. The summed E-state index contributed by atoms with van der Waals surface area (Å²) in [6.45, 7) is 0. The second-order valence-electron chi connectivity index (χ2n) is 2.57. The number of amides is 1. The molecule has 0 spiro atoms. The maximum Gasteiger partial charge on any atom is 0.229 e. The van der Waals surface area contributed by atoms with Gasteiger partial charge in [0.15, 0.2) is 0 Å². The molecule has 0 aromatic heterocycles. The van der Waals surface area contributed by atoms with E-state index >= 15 is 0 Å². The lowest BCUT2D eigenvalue weighted by Gasteiger charge is -1.93. The molecule has 0 fully saturated rings. The molecule has 0 saturated heterocycles. The third kappa shape index (κ3) is 3.19. The van der Waals surface area contributed by atoms with Gasteiger partial charge < -0.3 is 5.73 Å². The van der Waals surface area contributed by atoms with Gasteiger partial charge in [-0.2, -0.15) is 0 Å². The Morgan fingerprint density at radius 1 is 1.57 bits per heavy atom. The van der Waals surface area contributed by atoms with Crippen LogP contribution in [0.1, 0.15) is 12.0 Å². The summed E-state index contributed by atoms with van der Waals surface area (Å²) in [6, 6.07) is 4.38. The van der Waals surface area contributed by atoms with E-state index in [1.807, 2.05) is 0 Å². The number of carbonyl (C=O) groups is 1. The Balaban J connectivity index is 2.81. The van der Waals surface area contributed by atoms with Crippen molar-refractivity contribution in [3.8, 4) is 11.8 Å². The van der Waals surface area contributed by atoms with Crippen molar-refractivity contribution in [1.82, 2.24) is 0 Å². The fourth-order valence-corrected chi connectivity index (χ4v) is 1.19. The minimum Gasteiger partial charge on any atom is -0.369 e. The molecule has 1 rings (SSSR count). The van der Waals surface area contributed by atoms with E-state index in [9.17, 15) is 9.18 Å². The van der Waals surface area contributed by atoms with Gasteiger partial charge in [-0.25, -0.2) is 4.39 Å². The highest BCUT2D eigenvalue weighted by atomic mass is 79.9. The quantitative estimate of drug-likeness (QED) is 0.765. The molecule has 1 aromatic carbocycles. The fourth-order valence-electron chi connectivity index (χ4n) is 0.807. The molecule has 72 valence electrons. The predicted molar refractivity (Wildman–Crippen MR) is 54.8 cm³/mol. The minimum atomic E-state index is -0.473. The topological polar surface area (TPSA) is 43.1 Å². The van der Waals surface area contributed by atoms with Crippen LogP contribution in [0.15, 0.2) is 22.7 Å². The van der Waals surface area contributed by atoms with E-state index in [0.717, 1.165) is 0 Å². The van der Waals surface area contributed by atoms with Gasteiger partial charge in [0.2, 0.25) is 5.91 Å². The van der Waals surface area contributed by atoms with Crippen molar-refractivity contribution in [2.24, 2.45) is 5.73 Å². The second kappa shape index (κ2) is 4.77. The van der Waals surface area contributed by atoms with Crippen LogP contribution < -0.4 is 5.73 Å². The standard InChI is InChI=1S/C10H7BrFNO/c11-8-6-7(4-5-9(8)12)2-1-3-10(13)14/h4-6H,3H2,(H2,13,14). The van der Waals surface area contributed by atoms with Crippen LogP contribution in [0.4, 0.5) is 4.39 Å². The van der Waals surface area contributed by atoms with Crippen LogP contribution in [0.25, 0.3) is 0 Å². The number of hydrogen-bond donors (Lipinski definition) is 1. The average molecular weight is 256 g/mol. The van der Waals surface area contributed by atoms with Crippen LogP contribution in [-0.2, 0) is 4.79 Å². The van der Waals surface area contributed by atoms with Crippen molar-refractivity contribution in [1.29, 1.82) is 0 Å². The molecule has 0 aliphatic carbocycles. The van der Waals surface area contributed by atoms with E-state index < -0.39 is 5.91 Å². The van der Waals surface area contributed by atoms with E-state index in [2.05, 4.69) is 27.8 Å². The Labute approximate surface area is 89.4 Å². The summed E-state index contributed by atoms with van der Waals surface area (Å²) < 4.78 is 13.1. The van der Waals surface area contributed by atoms with Gasteiger partial charge in [-0.1, -0.05) is 11.8 Å². The molecule has 2 nitrogen and oxygen atoms in total. The minimum absolute atomic E-state index is 0.00892. The number of benzene rings is 1. The molecule has 0 aliphatic rings. The first-order chi connectivity index (χ1) is 6.59. The molecule has 0 radical (unpaired) electrons. The predicted octanol–water partition coefficient (Wildman–Crippen LogP) is 1.82. The van der Waals surface area contributed by atoms with Gasteiger partial charge in [0.05, 0.1) is 10.9 Å². The van der Waals surface area contributed by atoms with Crippen LogP contribution >= 0.6 is 15.9 Å². The molecule has 2 N–H and O–H groups in total. The van der Waals surface area contributed by atoms with Gasteiger partial charge in [-0.15, -0.1) is 0 Å². The van der Waals surface area contributed by atoms with Gasteiger partial charge in [0, 0.05) is 5.56 Å². The molecular formula is C10H7BrFNO. The highest BCUT2D eigenvalue weighted by Gasteiger charge is 1.97. The summed E-state index contributed by atoms with van der Waals surface area (Å²) in [5.74, 6) is 4.46. The molecule has 0 bridgehead atoms. The number of rotatable bonds is 1. The Bertz CT molecular complexity index is 420. The summed E-state index contributed by atoms with van der Waals surface area (Å²) in [6.07, 6.45) is 0.00892. The Hall–Kier alpha value is -1.34. The Morgan fingerprint density at radius 3 is 2.86 bits per heavy atom. The first kappa shape index (κ1) is 10.7. The number of nitrogens with two attached hydrogens (primary N) is 1. The van der Waals surface area contributed by atoms with Crippen LogP contribution in [0.5, 0.6) is 0 Å². The number of halogens is 2. The van der Waals surface area contributed by atoms with Crippen molar-refractivity contribution in [2.75, 3.05) is 0 Å². The molecule has 14 heavy (non-hydrogen) atoms. The monoisotopic (exact) mass is 255 g/mol. The van der Waals surface area contributed by atoms with Gasteiger partial charge in [-0.3, -0.25) is 4.79 Å². The number of carbonyl (C=O) groups excluding carboxylic acids is 1. The SMILES string of the molecule is NC(=O)CC#Cc1ccc(F)c(Br)c1. The number of primary amides is 1. The normalized spacial score (nSPS) is 9.00. The molecule has 1 amide bonds. The highest BCUT2D eigenvalue weighted by molar-refractivity contribution is 9.10. The zero-order valence-electron chi connectivity index (χ0n) is 7.18. The van der Waals surface area contributed by atoms with E-state index in [4.69, 9.17) is 5.73 Å². The number of hydrogen-bond acceptors (Lipinski definition) is 1. The third-order valence-corrected chi connectivity index (χ3v) is 2.02. The smallest absolute Gasteiger partial charge is 0.229 e. The maximum absolute atomic E-state index is 12.8. The average Bonchev–Trinajstić information content (AvgIpc) is 2.10. The van der Waals surface area contributed by atoms with Crippen LogP contribution in [-0.4, -0.2) is 5.91 Å². The molecule has 0 aliphatic heterocycles. The van der Waals surface area contributed by atoms with Crippen molar-refractivity contribution in [3.63, 3.8) is 0 Å². The Kier molecular flexibility index (Phi) is 3.66. The van der Waals surface area contributed by atoms with E-state index in [-0.39, 0.29) is 12.2 Å². The van der Waals surface area contributed by atoms with E-state index in [0.29, 0.717) is 10.0 Å². The molecule has 0 saturated carbocycles. The third-order valence-electron chi connectivity index (χ3n) is 1.41. The first-order valence-electron chi connectivity index (χ1n) is 3.82. The first-order valence-corrected chi connectivity index (χ1v) is 4.61. The van der Waals surface area contributed by atoms with Gasteiger partial charge >= 0.3 is 0 Å². The molecule has 0 heterocycles. The zero-order chi connectivity index (χ0) is 10.6. The van der Waals surface area contributed by atoms with Crippen LogP contribution in [0.2, 0.25) is 0 Å². The molecule has 0 atom stereocenters. The second-order valence-corrected chi connectivity index (χ2v) is 3.43. The van der Waals surface area contributed by atoms with Crippen molar-refractivity contribution in [2.45, 2.75) is 6.42 Å². The van der Waals surface area contributed by atoms with Crippen molar-refractivity contribution in [3.05, 3.63) is 34.1 Å². The van der Waals surface area contributed by atoms with Gasteiger partial charge in [0.25, 0.3) is 0 Å². The molecular weight excluding hydrogens is 249 g/mol. The lowest BCUT2D eigenvalue weighted by molar-refractivity contribution is -0.117. The summed E-state index contributed by atoms with van der Waals surface area (Å²) >= 11 is 3.03. The summed E-state index contributed by atoms with van der Waals surface area (Å²) in [7, 11) is 0. The van der Waals surface area contributed by atoms with E-state index in [1.54, 1.807) is 6.07 Å². The van der Waals surface area contributed by atoms with Crippen molar-refractivity contribution < 1.29 is 9.18 Å².